The number of thiocarbonyl (C=S) groups is 1. The zero-order chi connectivity index (χ0) is 20.8. The van der Waals surface area contributed by atoms with Crippen LogP contribution in [0.15, 0.2) is 60.0 Å². The van der Waals surface area contributed by atoms with Crippen LogP contribution in [0.4, 0.5) is 0 Å². The van der Waals surface area contributed by atoms with Gasteiger partial charge in [0.1, 0.15) is 10.9 Å². The predicted molar refractivity (Wildman–Crippen MR) is 119 cm³/mol. The molecule has 0 radical (unpaired) electrons. The van der Waals surface area contributed by atoms with E-state index in [0.29, 0.717) is 32.8 Å². The van der Waals surface area contributed by atoms with Crippen LogP contribution in [0.1, 0.15) is 16.7 Å². The van der Waals surface area contributed by atoms with E-state index in [4.69, 9.17) is 21.7 Å². The number of benzene rings is 2. The van der Waals surface area contributed by atoms with E-state index in [1.165, 1.54) is 16.7 Å². The lowest BCUT2D eigenvalue weighted by Gasteiger charge is -2.12. The molecule has 146 valence electrons. The highest BCUT2D eigenvalue weighted by atomic mass is 32.2. The molecule has 0 spiro atoms. The fourth-order valence-corrected chi connectivity index (χ4v) is 4.02. The number of hydrogen-bond donors (Lipinski definition) is 0. The second-order valence-corrected chi connectivity index (χ2v) is 7.72. The molecule has 0 unspecified atom stereocenters. The number of carbonyl (C=O) groups is 1. The first-order valence-corrected chi connectivity index (χ1v) is 9.95. The lowest BCUT2D eigenvalue weighted by Crippen LogP contribution is -2.27. The summed E-state index contributed by atoms with van der Waals surface area (Å²) >= 11 is 6.52. The van der Waals surface area contributed by atoms with Crippen LogP contribution in [0.3, 0.4) is 0 Å². The summed E-state index contributed by atoms with van der Waals surface area (Å²) in [4.78, 5) is 14.5. The predicted octanol–water partition coefficient (Wildman–Crippen LogP) is 4.53. The third-order valence-electron chi connectivity index (χ3n) is 4.19. The molecule has 7 heteroatoms. The Hall–Kier alpha value is -3.08. The summed E-state index contributed by atoms with van der Waals surface area (Å²) in [6.07, 6.45) is 3.42. The molecule has 0 N–H and O–H groups in total. The molecular formula is C22H18N2O3S2. The second-order valence-electron chi connectivity index (χ2n) is 6.05. The summed E-state index contributed by atoms with van der Waals surface area (Å²) in [6, 6.07) is 14.9. The van der Waals surface area contributed by atoms with Gasteiger partial charge >= 0.3 is 0 Å². The zero-order valence-corrected chi connectivity index (χ0v) is 17.4. The first-order valence-electron chi connectivity index (χ1n) is 8.72. The number of nitrogens with zero attached hydrogens (tertiary/aromatic N) is 2. The molecule has 5 nitrogen and oxygen atoms in total. The average molecular weight is 423 g/mol. The van der Waals surface area contributed by atoms with E-state index in [0.717, 1.165) is 11.1 Å². The van der Waals surface area contributed by atoms with Gasteiger partial charge in [0, 0.05) is 12.1 Å². The van der Waals surface area contributed by atoms with Crippen molar-refractivity contribution in [3.05, 3.63) is 76.7 Å². The van der Waals surface area contributed by atoms with Gasteiger partial charge in [-0.25, -0.2) is 0 Å². The number of ether oxygens (including phenoxy) is 2. The summed E-state index contributed by atoms with van der Waals surface area (Å²) in [5, 5.41) is 9.20. The molecule has 1 heterocycles. The molecule has 0 aliphatic carbocycles. The highest BCUT2D eigenvalue weighted by Gasteiger charge is 2.31. The lowest BCUT2D eigenvalue weighted by molar-refractivity contribution is -0.121. The third-order valence-corrected chi connectivity index (χ3v) is 5.57. The van der Waals surface area contributed by atoms with E-state index in [-0.39, 0.29) is 12.5 Å². The van der Waals surface area contributed by atoms with Crippen molar-refractivity contribution in [2.45, 2.75) is 6.61 Å². The van der Waals surface area contributed by atoms with Crippen LogP contribution in [0.2, 0.25) is 0 Å². The molecule has 0 saturated carbocycles. The van der Waals surface area contributed by atoms with Gasteiger partial charge in [-0.05, 0) is 29.8 Å². The van der Waals surface area contributed by atoms with Crippen molar-refractivity contribution in [1.82, 2.24) is 4.90 Å². The molecule has 0 bridgehead atoms. The van der Waals surface area contributed by atoms with Crippen molar-refractivity contribution >= 4 is 40.3 Å². The number of hydrogen-bond acceptors (Lipinski definition) is 6. The van der Waals surface area contributed by atoms with Gasteiger partial charge in [-0.15, -0.1) is 6.58 Å². The summed E-state index contributed by atoms with van der Waals surface area (Å²) in [6.45, 7) is 4.29. The topological polar surface area (TPSA) is 62.6 Å². The molecule has 29 heavy (non-hydrogen) atoms. The Balaban J connectivity index is 1.79. The third kappa shape index (κ3) is 4.67. The highest BCUT2D eigenvalue weighted by Crippen LogP contribution is 2.35. The number of methoxy groups -OCH3 is 1. The van der Waals surface area contributed by atoms with Crippen LogP contribution < -0.4 is 9.47 Å². The minimum Gasteiger partial charge on any atom is -0.493 e. The van der Waals surface area contributed by atoms with Crippen molar-refractivity contribution in [3.63, 3.8) is 0 Å². The lowest BCUT2D eigenvalue weighted by atomic mass is 10.1. The van der Waals surface area contributed by atoms with Crippen LogP contribution in [0.25, 0.3) is 6.08 Å². The average Bonchev–Trinajstić information content (AvgIpc) is 3.00. The van der Waals surface area contributed by atoms with Gasteiger partial charge < -0.3 is 9.47 Å². The summed E-state index contributed by atoms with van der Waals surface area (Å²) in [5.41, 5.74) is 2.17. The second kappa shape index (κ2) is 9.41. The van der Waals surface area contributed by atoms with Gasteiger partial charge in [-0.1, -0.05) is 54.3 Å². The van der Waals surface area contributed by atoms with Crippen LogP contribution >= 0.6 is 24.0 Å². The van der Waals surface area contributed by atoms with Crippen LogP contribution in [-0.4, -0.2) is 28.8 Å². The maximum atomic E-state index is 12.5. The largest absolute Gasteiger partial charge is 0.493 e. The van der Waals surface area contributed by atoms with Crippen LogP contribution in [-0.2, 0) is 11.4 Å². The van der Waals surface area contributed by atoms with E-state index in [2.05, 4.69) is 12.6 Å². The number of nitriles is 1. The van der Waals surface area contributed by atoms with Gasteiger partial charge in [0.25, 0.3) is 5.91 Å². The number of carbonyl (C=O) groups excluding carboxylic acids is 1. The molecule has 1 saturated heterocycles. The quantitative estimate of drug-likeness (QED) is 0.371. The Labute approximate surface area is 179 Å². The zero-order valence-electron chi connectivity index (χ0n) is 15.8. The minimum atomic E-state index is -0.132. The van der Waals surface area contributed by atoms with Crippen molar-refractivity contribution in [2.24, 2.45) is 0 Å². The summed E-state index contributed by atoms with van der Waals surface area (Å²) in [5.74, 6) is 0.957. The Morgan fingerprint density at radius 3 is 2.79 bits per heavy atom. The van der Waals surface area contributed by atoms with Crippen molar-refractivity contribution < 1.29 is 14.3 Å². The standard InChI is InChI=1S/C22H18N2O3S2/c1-3-10-24-21(25)20(29-22(24)28)12-15-8-9-18(19(11-15)26-2)27-14-17-7-5-4-6-16(17)13-23/h3-9,11-12H,1,10,14H2,2H3/b20-12+. The van der Waals surface area contributed by atoms with Gasteiger partial charge in [0.2, 0.25) is 0 Å². The molecular weight excluding hydrogens is 404 g/mol. The first kappa shape index (κ1) is 20.6. The summed E-state index contributed by atoms with van der Waals surface area (Å²) in [7, 11) is 1.55. The molecule has 1 fully saturated rings. The Morgan fingerprint density at radius 1 is 1.28 bits per heavy atom. The van der Waals surface area contributed by atoms with Gasteiger partial charge in [0.15, 0.2) is 11.5 Å². The molecule has 1 aliphatic rings. The fraction of sp³-hybridized carbons (Fsp3) is 0.136. The van der Waals surface area contributed by atoms with Crippen LogP contribution in [0.5, 0.6) is 11.5 Å². The smallest absolute Gasteiger partial charge is 0.266 e. The maximum Gasteiger partial charge on any atom is 0.266 e. The van der Waals surface area contributed by atoms with Gasteiger partial charge in [-0.3, -0.25) is 9.69 Å². The first-order chi connectivity index (χ1) is 14.1. The van der Waals surface area contributed by atoms with Crippen LogP contribution in [0, 0.1) is 11.3 Å². The number of amides is 1. The normalized spacial score (nSPS) is 14.8. The SMILES string of the molecule is C=CCN1C(=O)/C(=C\c2ccc(OCc3ccccc3C#N)c(OC)c2)SC1=S. The van der Waals surface area contributed by atoms with E-state index < -0.39 is 0 Å². The van der Waals surface area contributed by atoms with Crippen molar-refractivity contribution in [1.29, 1.82) is 5.26 Å². The van der Waals surface area contributed by atoms with E-state index in [1.807, 2.05) is 24.3 Å². The fourth-order valence-electron chi connectivity index (χ4n) is 2.74. The Kier molecular flexibility index (Phi) is 6.70. The van der Waals surface area contributed by atoms with E-state index in [1.54, 1.807) is 37.5 Å². The minimum absolute atomic E-state index is 0.132. The van der Waals surface area contributed by atoms with E-state index in [9.17, 15) is 10.1 Å². The molecule has 1 amide bonds. The van der Waals surface area contributed by atoms with Gasteiger partial charge in [0.05, 0.1) is 23.6 Å². The maximum absolute atomic E-state index is 12.5. The monoisotopic (exact) mass is 422 g/mol. The number of rotatable bonds is 7. The molecule has 2 aromatic rings. The highest BCUT2D eigenvalue weighted by molar-refractivity contribution is 8.26. The number of thioether (sulfide) groups is 1. The Morgan fingerprint density at radius 2 is 2.07 bits per heavy atom. The van der Waals surface area contributed by atoms with E-state index >= 15 is 0 Å². The summed E-state index contributed by atoms with van der Waals surface area (Å²) < 4.78 is 11.8. The Bertz CT molecular complexity index is 1040. The van der Waals surface area contributed by atoms with Crippen molar-refractivity contribution in [3.8, 4) is 17.6 Å². The molecule has 2 aromatic carbocycles. The molecule has 1 aliphatic heterocycles. The molecule has 3 rings (SSSR count). The van der Waals surface area contributed by atoms with Gasteiger partial charge in [-0.2, -0.15) is 5.26 Å². The molecule has 0 aromatic heterocycles. The molecule has 0 atom stereocenters. The van der Waals surface area contributed by atoms with Crippen molar-refractivity contribution in [2.75, 3.05) is 13.7 Å².